The number of nitrogens with one attached hydrogen (secondary N) is 1. The number of nitrogens with zero attached hydrogens (tertiary/aromatic N) is 4. The average Bonchev–Trinajstić information content (AvgIpc) is 3.23. The molecular formula is C26H23N5OS. The summed E-state index contributed by atoms with van der Waals surface area (Å²) in [5.74, 6) is 1.86. The molecule has 3 aromatic carbocycles. The van der Waals surface area contributed by atoms with E-state index in [1.807, 2.05) is 19.1 Å². The molecule has 0 aliphatic heterocycles. The fourth-order valence-corrected chi connectivity index (χ4v) is 4.55. The fraction of sp³-hybridized carbons (Fsp3) is 0.154. The number of thioether (sulfide) groups is 1. The zero-order valence-electron chi connectivity index (χ0n) is 18.7. The van der Waals surface area contributed by atoms with Crippen LogP contribution in [-0.2, 0) is 5.75 Å². The van der Waals surface area contributed by atoms with E-state index in [2.05, 4.69) is 82.1 Å². The molecule has 0 saturated carbocycles. The van der Waals surface area contributed by atoms with Gasteiger partial charge in [-0.2, -0.15) is 0 Å². The van der Waals surface area contributed by atoms with Gasteiger partial charge < -0.3 is 4.98 Å². The number of benzene rings is 3. The van der Waals surface area contributed by atoms with Gasteiger partial charge in [0, 0.05) is 11.3 Å². The van der Waals surface area contributed by atoms with E-state index < -0.39 is 0 Å². The van der Waals surface area contributed by atoms with Crippen molar-refractivity contribution < 1.29 is 0 Å². The van der Waals surface area contributed by atoms with Gasteiger partial charge in [0.25, 0.3) is 5.56 Å². The molecule has 5 aromatic rings. The van der Waals surface area contributed by atoms with Gasteiger partial charge in [0.2, 0.25) is 0 Å². The molecular weight excluding hydrogens is 430 g/mol. The summed E-state index contributed by atoms with van der Waals surface area (Å²) in [6.07, 6.45) is 0. The SMILES string of the molecule is Cc1ccc(-c2nnc(SCc3nc4c(C)cccc4c(=O)[nH]3)n2-c2ccc(C)cc2)cc1. The standard InChI is InChI=1S/C26H23N5OS/c1-16-7-11-19(12-8-16)24-29-30-26(31(24)20-13-9-17(2)10-14-20)33-15-22-27-23-18(3)5-4-6-21(23)25(32)28-22/h4-14H,15H2,1-3H3,(H,27,28,32). The van der Waals surface area contributed by atoms with Crippen molar-refractivity contribution in [2.75, 3.05) is 0 Å². The molecule has 0 radical (unpaired) electrons. The van der Waals surface area contributed by atoms with Crippen LogP contribution in [-0.4, -0.2) is 24.7 Å². The second kappa shape index (κ2) is 8.67. The smallest absolute Gasteiger partial charge is 0.258 e. The van der Waals surface area contributed by atoms with Crippen LogP contribution in [0, 0.1) is 20.8 Å². The highest BCUT2D eigenvalue weighted by atomic mass is 32.2. The highest BCUT2D eigenvalue weighted by Crippen LogP contribution is 2.29. The largest absolute Gasteiger partial charge is 0.309 e. The van der Waals surface area contributed by atoms with Crippen LogP contribution in [0.25, 0.3) is 28.0 Å². The molecule has 0 atom stereocenters. The number of hydrogen-bond acceptors (Lipinski definition) is 5. The van der Waals surface area contributed by atoms with E-state index in [0.717, 1.165) is 33.3 Å². The summed E-state index contributed by atoms with van der Waals surface area (Å²) >= 11 is 1.50. The second-order valence-electron chi connectivity index (χ2n) is 8.12. The third-order valence-electron chi connectivity index (χ3n) is 5.56. The van der Waals surface area contributed by atoms with Gasteiger partial charge in [-0.05, 0) is 44.5 Å². The van der Waals surface area contributed by atoms with Crippen molar-refractivity contribution in [3.05, 3.63) is 99.6 Å². The van der Waals surface area contributed by atoms with E-state index in [-0.39, 0.29) is 5.56 Å². The Labute approximate surface area is 195 Å². The number of para-hydroxylation sites is 1. The first-order chi connectivity index (χ1) is 16.0. The Morgan fingerprint density at radius 1 is 0.879 bits per heavy atom. The predicted molar refractivity (Wildman–Crippen MR) is 133 cm³/mol. The number of fused-ring (bicyclic) bond motifs is 1. The number of H-pyrrole nitrogens is 1. The molecule has 0 amide bonds. The summed E-state index contributed by atoms with van der Waals surface area (Å²) in [5, 5.41) is 10.3. The lowest BCUT2D eigenvalue weighted by Gasteiger charge is -2.11. The van der Waals surface area contributed by atoms with Crippen LogP contribution in [0.5, 0.6) is 0 Å². The molecule has 0 spiro atoms. The van der Waals surface area contributed by atoms with Gasteiger partial charge in [0.15, 0.2) is 11.0 Å². The first-order valence-electron chi connectivity index (χ1n) is 10.7. The minimum atomic E-state index is -0.125. The fourth-order valence-electron chi connectivity index (χ4n) is 3.73. The number of aromatic nitrogens is 5. The van der Waals surface area contributed by atoms with Crippen LogP contribution in [0.15, 0.2) is 76.7 Å². The zero-order chi connectivity index (χ0) is 22.9. The first kappa shape index (κ1) is 21.2. The zero-order valence-corrected chi connectivity index (χ0v) is 19.5. The molecule has 2 aromatic heterocycles. The summed E-state index contributed by atoms with van der Waals surface area (Å²) < 4.78 is 2.05. The van der Waals surface area contributed by atoms with E-state index in [1.54, 1.807) is 6.07 Å². The Hall–Kier alpha value is -3.71. The van der Waals surface area contributed by atoms with Crippen molar-refractivity contribution in [1.29, 1.82) is 0 Å². The van der Waals surface area contributed by atoms with Gasteiger partial charge in [-0.25, -0.2) is 4.98 Å². The molecule has 7 heteroatoms. The normalized spacial score (nSPS) is 11.2. The number of aromatic amines is 1. The molecule has 0 aliphatic rings. The Morgan fingerprint density at radius 2 is 1.58 bits per heavy atom. The van der Waals surface area contributed by atoms with Crippen molar-refractivity contribution in [2.24, 2.45) is 0 Å². The molecule has 0 bridgehead atoms. The molecule has 0 fully saturated rings. The minimum Gasteiger partial charge on any atom is -0.309 e. The summed E-state index contributed by atoms with van der Waals surface area (Å²) in [7, 11) is 0. The molecule has 5 rings (SSSR count). The lowest BCUT2D eigenvalue weighted by molar-refractivity contribution is 0.883. The maximum atomic E-state index is 12.6. The van der Waals surface area contributed by atoms with Gasteiger partial charge in [0.1, 0.15) is 5.82 Å². The molecule has 0 unspecified atom stereocenters. The van der Waals surface area contributed by atoms with Crippen LogP contribution < -0.4 is 5.56 Å². The Kier molecular flexibility index (Phi) is 5.56. The minimum absolute atomic E-state index is 0.125. The summed E-state index contributed by atoms with van der Waals surface area (Å²) in [6.45, 7) is 6.10. The highest BCUT2D eigenvalue weighted by Gasteiger charge is 2.17. The third kappa shape index (κ3) is 4.19. The van der Waals surface area contributed by atoms with Crippen molar-refractivity contribution in [3.8, 4) is 17.1 Å². The number of aryl methyl sites for hydroxylation is 3. The Balaban J connectivity index is 1.54. The highest BCUT2D eigenvalue weighted by molar-refractivity contribution is 7.98. The van der Waals surface area contributed by atoms with Gasteiger partial charge in [-0.15, -0.1) is 10.2 Å². The summed E-state index contributed by atoms with van der Waals surface area (Å²) in [6, 6.07) is 22.2. The molecule has 0 aliphatic carbocycles. The maximum Gasteiger partial charge on any atom is 0.258 e. The van der Waals surface area contributed by atoms with Crippen LogP contribution in [0.4, 0.5) is 0 Å². The maximum absolute atomic E-state index is 12.6. The van der Waals surface area contributed by atoms with Gasteiger partial charge in [-0.1, -0.05) is 71.4 Å². The van der Waals surface area contributed by atoms with Crippen molar-refractivity contribution >= 4 is 22.7 Å². The second-order valence-corrected chi connectivity index (χ2v) is 9.06. The Morgan fingerprint density at radius 3 is 2.30 bits per heavy atom. The monoisotopic (exact) mass is 453 g/mol. The van der Waals surface area contributed by atoms with Crippen LogP contribution in [0.3, 0.4) is 0 Å². The van der Waals surface area contributed by atoms with E-state index in [1.165, 1.54) is 22.9 Å². The van der Waals surface area contributed by atoms with E-state index in [9.17, 15) is 4.79 Å². The van der Waals surface area contributed by atoms with Gasteiger partial charge in [-0.3, -0.25) is 9.36 Å². The molecule has 6 nitrogen and oxygen atoms in total. The number of hydrogen-bond donors (Lipinski definition) is 1. The summed E-state index contributed by atoms with van der Waals surface area (Å²) in [4.78, 5) is 20.2. The Bertz CT molecular complexity index is 1500. The molecule has 0 saturated heterocycles. The molecule has 164 valence electrons. The predicted octanol–water partition coefficient (Wildman–Crippen LogP) is 5.39. The molecule has 1 N–H and O–H groups in total. The molecule has 33 heavy (non-hydrogen) atoms. The van der Waals surface area contributed by atoms with E-state index in [4.69, 9.17) is 4.98 Å². The van der Waals surface area contributed by atoms with Gasteiger partial charge in [0.05, 0.1) is 16.7 Å². The first-order valence-corrected chi connectivity index (χ1v) is 11.7. The van der Waals surface area contributed by atoms with E-state index in [0.29, 0.717) is 17.0 Å². The van der Waals surface area contributed by atoms with Gasteiger partial charge >= 0.3 is 0 Å². The van der Waals surface area contributed by atoms with Crippen LogP contribution in [0.2, 0.25) is 0 Å². The molecule has 2 heterocycles. The quantitative estimate of drug-likeness (QED) is 0.361. The third-order valence-corrected chi connectivity index (χ3v) is 6.50. The van der Waals surface area contributed by atoms with Crippen molar-refractivity contribution in [3.63, 3.8) is 0 Å². The van der Waals surface area contributed by atoms with Crippen molar-refractivity contribution in [2.45, 2.75) is 31.7 Å². The lowest BCUT2D eigenvalue weighted by atomic mass is 10.1. The van der Waals surface area contributed by atoms with Crippen LogP contribution in [0.1, 0.15) is 22.5 Å². The lowest BCUT2D eigenvalue weighted by Crippen LogP contribution is -2.12. The number of rotatable bonds is 5. The van der Waals surface area contributed by atoms with Crippen molar-refractivity contribution in [1.82, 2.24) is 24.7 Å². The average molecular weight is 454 g/mol. The topological polar surface area (TPSA) is 76.5 Å². The van der Waals surface area contributed by atoms with E-state index >= 15 is 0 Å². The van der Waals surface area contributed by atoms with Crippen LogP contribution >= 0.6 is 11.8 Å². The summed E-state index contributed by atoms with van der Waals surface area (Å²) in [5.41, 5.74) is 5.95.